The lowest BCUT2D eigenvalue weighted by Gasteiger charge is -2.29. The molecule has 0 spiro atoms. The molecular formula is C16H20FN3. The van der Waals surface area contributed by atoms with Gasteiger partial charge in [-0.05, 0) is 43.8 Å². The van der Waals surface area contributed by atoms with E-state index in [0.29, 0.717) is 0 Å². The Bertz CT molecular complexity index is 527. The number of hydrogen-bond donors (Lipinski definition) is 1. The van der Waals surface area contributed by atoms with Gasteiger partial charge in [0.05, 0.1) is 5.69 Å². The Morgan fingerprint density at radius 2 is 1.90 bits per heavy atom. The van der Waals surface area contributed by atoms with Crippen LogP contribution in [0.15, 0.2) is 48.7 Å². The molecule has 0 bridgehead atoms. The summed E-state index contributed by atoms with van der Waals surface area (Å²) in [6.07, 6.45) is 1.79. The quantitative estimate of drug-likeness (QED) is 0.911. The Labute approximate surface area is 119 Å². The van der Waals surface area contributed by atoms with Gasteiger partial charge >= 0.3 is 0 Å². The van der Waals surface area contributed by atoms with Crippen LogP contribution in [0.1, 0.15) is 24.2 Å². The highest BCUT2D eigenvalue weighted by Gasteiger charge is 2.19. The zero-order valence-electron chi connectivity index (χ0n) is 11.8. The molecule has 0 amide bonds. The van der Waals surface area contributed by atoms with Crippen LogP contribution in [0, 0.1) is 5.82 Å². The summed E-state index contributed by atoms with van der Waals surface area (Å²) in [7, 11) is 2.02. The molecule has 2 N–H and O–H groups in total. The molecule has 3 nitrogen and oxygen atoms in total. The van der Waals surface area contributed by atoms with Gasteiger partial charge < -0.3 is 5.73 Å². The van der Waals surface area contributed by atoms with Crippen molar-refractivity contribution >= 4 is 0 Å². The molecule has 20 heavy (non-hydrogen) atoms. The molecule has 106 valence electrons. The standard InChI is InChI=1S/C16H20FN3/c1-12(16(18)13-6-8-14(17)9-7-13)20(2)11-15-5-3-4-10-19-15/h3-10,12,16H,11,18H2,1-2H3. The van der Waals surface area contributed by atoms with Gasteiger partial charge in [0.1, 0.15) is 5.82 Å². The smallest absolute Gasteiger partial charge is 0.123 e. The van der Waals surface area contributed by atoms with Gasteiger partial charge in [-0.1, -0.05) is 18.2 Å². The van der Waals surface area contributed by atoms with E-state index in [4.69, 9.17) is 5.73 Å². The van der Waals surface area contributed by atoms with Crippen LogP contribution in [0.2, 0.25) is 0 Å². The van der Waals surface area contributed by atoms with E-state index in [0.717, 1.165) is 17.8 Å². The highest BCUT2D eigenvalue weighted by atomic mass is 19.1. The third kappa shape index (κ3) is 3.62. The minimum Gasteiger partial charge on any atom is -0.323 e. The van der Waals surface area contributed by atoms with E-state index in [1.165, 1.54) is 12.1 Å². The van der Waals surface area contributed by atoms with Gasteiger partial charge in [0.15, 0.2) is 0 Å². The summed E-state index contributed by atoms with van der Waals surface area (Å²) in [5, 5.41) is 0. The Kier molecular flexibility index (Phi) is 4.82. The van der Waals surface area contributed by atoms with Crippen LogP contribution in [0.25, 0.3) is 0 Å². The number of aromatic nitrogens is 1. The molecule has 0 aliphatic carbocycles. The molecule has 0 fully saturated rings. The Balaban J connectivity index is 2.02. The molecule has 0 saturated heterocycles. The highest BCUT2D eigenvalue weighted by molar-refractivity contribution is 5.21. The Morgan fingerprint density at radius 3 is 2.50 bits per heavy atom. The van der Waals surface area contributed by atoms with Gasteiger partial charge in [-0.3, -0.25) is 9.88 Å². The monoisotopic (exact) mass is 273 g/mol. The maximum atomic E-state index is 12.9. The second-order valence-electron chi connectivity index (χ2n) is 5.05. The molecular weight excluding hydrogens is 253 g/mol. The molecule has 0 saturated carbocycles. The molecule has 0 aliphatic heterocycles. The van der Waals surface area contributed by atoms with Crippen molar-refractivity contribution in [2.75, 3.05) is 7.05 Å². The Hall–Kier alpha value is -1.78. The van der Waals surface area contributed by atoms with Crippen molar-refractivity contribution in [2.45, 2.75) is 25.6 Å². The second kappa shape index (κ2) is 6.59. The van der Waals surface area contributed by atoms with Gasteiger partial charge in [-0.15, -0.1) is 0 Å². The maximum absolute atomic E-state index is 12.9. The van der Waals surface area contributed by atoms with E-state index in [1.54, 1.807) is 18.3 Å². The summed E-state index contributed by atoms with van der Waals surface area (Å²) < 4.78 is 12.9. The number of hydrogen-bond acceptors (Lipinski definition) is 3. The van der Waals surface area contributed by atoms with Crippen molar-refractivity contribution in [1.82, 2.24) is 9.88 Å². The first-order valence-corrected chi connectivity index (χ1v) is 6.69. The van der Waals surface area contributed by atoms with Crippen molar-refractivity contribution < 1.29 is 4.39 Å². The van der Waals surface area contributed by atoms with Crippen molar-refractivity contribution in [3.63, 3.8) is 0 Å². The predicted octanol–water partition coefficient (Wildman–Crippen LogP) is 2.74. The molecule has 0 radical (unpaired) electrons. The first-order chi connectivity index (χ1) is 9.58. The van der Waals surface area contributed by atoms with Crippen LogP contribution < -0.4 is 5.73 Å². The predicted molar refractivity (Wildman–Crippen MR) is 78.5 cm³/mol. The summed E-state index contributed by atoms with van der Waals surface area (Å²) in [6.45, 7) is 2.80. The van der Waals surface area contributed by atoms with Gasteiger partial charge in [-0.2, -0.15) is 0 Å². The maximum Gasteiger partial charge on any atom is 0.123 e. The fourth-order valence-corrected chi connectivity index (χ4v) is 2.13. The molecule has 2 unspecified atom stereocenters. The number of benzene rings is 1. The largest absolute Gasteiger partial charge is 0.323 e. The molecule has 1 aromatic heterocycles. The van der Waals surface area contributed by atoms with Gasteiger partial charge in [-0.25, -0.2) is 4.39 Å². The number of rotatable bonds is 5. The summed E-state index contributed by atoms with van der Waals surface area (Å²) in [6, 6.07) is 12.2. The molecule has 0 aliphatic rings. The van der Waals surface area contributed by atoms with Crippen LogP contribution in [0.3, 0.4) is 0 Å². The summed E-state index contributed by atoms with van der Waals surface area (Å²) >= 11 is 0. The molecule has 1 aromatic carbocycles. The fourth-order valence-electron chi connectivity index (χ4n) is 2.13. The van der Waals surface area contributed by atoms with Crippen LogP contribution in [0.4, 0.5) is 4.39 Å². The first-order valence-electron chi connectivity index (χ1n) is 6.69. The lowest BCUT2D eigenvalue weighted by molar-refractivity contribution is 0.217. The number of nitrogens with two attached hydrogens (primary N) is 1. The second-order valence-corrected chi connectivity index (χ2v) is 5.05. The lowest BCUT2D eigenvalue weighted by Crippen LogP contribution is -2.38. The highest BCUT2D eigenvalue weighted by Crippen LogP contribution is 2.19. The average Bonchev–Trinajstić information content (AvgIpc) is 2.47. The number of halogens is 1. The zero-order chi connectivity index (χ0) is 14.5. The molecule has 2 aromatic rings. The van der Waals surface area contributed by atoms with E-state index in [9.17, 15) is 4.39 Å². The third-order valence-corrected chi connectivity index (χ3v) is 3.61. The average molecular weight is 273 g/mol. The van der Waals surface area contributed by atoms with Crippen molar-refractivity contribution in [3.8, 4) is 0 Å². The van der Waals surface area contributed by atoms with Crippen LogP contribution >= 0.6 is 0 Å². The minimum absolute atomic E-state index is 0.127. The van der Waals surface area contributed by atoms with E-state index >= 15 is 0 Å². The van der Waals surface area contributed by atoms with Gasteiger partial charge in [0, 0.05) is 24.8 Å². The SMILES string of the molecule is CC(C(N)c1ccc(F)cc1)N(C)Cc1ccccn1. The third-order valence-electron chi connectivity index (χ3n) is 3.61. The van der Waals surface area contributed by atoms with E-state index in [-0.39, 0.29) is 17.9 Å². The first kappa shape index (κ1) is 14.6. The molecule has 2 rings (SSSR count). The van der Waals surface area contributed by atoms with Crippen molar-refractivity contribution in [2.24, 2.45) is 5.73 Å². The van der Waals surface area contributed by atoms with Crippen LogP contribution in [-0.4, -0.2) is 23.0 Å². The minimum atomic E-state index is -0.240. The fraction of sp³-hybridized carbons (Fsp3) is 0.312. The van der Waals surface area contributed by atoms with E-state index in [2.05, 4.69) is 16.8 Å². The number of nitrogens with zero attached hydrogens (tertiary/aromatic N) is 2. The Morgan fingerprint density at radius 1 is 1.20 bits per heavy atom. The van der Waals surface area contributed by atoms with E-state index < -0.39 is 0 Å². The summed E-state index contributed by atoms with van der Waals surface area (Å²) in [5.41, 5.74) is 8.20. The topological polar surface area (TPSA) is 42.1 Å². The lowest BCUT2D eigenvalue weighted by atomic mass is 10.0. The summed E-state index contributed by atoms with van der Waals surface area (Å²) in [4.78, 5) is 6.46. The normalized spacial score (nSPS) is 14.2. The van der Waals surface area contributed by atoms with Gasteiger partial charge in [0.2, 0.25) is 0 Å². The van der Waals surface area contributed by atoms with Gasteiger partial charge in [0.25, 0.3) is 0 Å². The number of pyridine rings is 1. The van der Waals surface area contributed by atoms with Crippen molar-refractivity contribution in [1.29, 1.82) is 0 Å². The zero-order valence-corrected chi connectivity index (χ0v) is 11.8. The molecule has 1 heterocycles. The summed E-state index contributed by atoms with van der Waals surface area (Å²) in [5.74, 6) is -0.240. The van der Waals surface area contributed by atoms with Crippen molar-refractivity contribution in [3.05, 3.63) is 65.7 Å². The van der Waals surface area contributed by atoms with E-state index in [1.807, 2.05) is 25.2 Å². The number of likely N-dealkylation sites (N-methyl/N-ethyl adjacent to an activating group) is 1. The van der Waals surface area contributed by atoms with Crippen LogP contribution in [-0.2, 0) is 6.54 Å². The molecule has 2 atom stereocenters. The molecule has 4 heteroatoms. The van der Waals surface area contributed by atoms with Crippen LogP contribution in [0.5, 0.6) is 0 Å².